The van der Waals surface area contributed by atoms with Crippen LogP contribution in [-0.2, 0) is 19.5 Å². The second kappa shape index (κ2) is 5.79. The van der Waals surface area contributed by atoms with E-state index in [2.05, 4.69) is 17.2 Å². The van der Waals surface area contributed by atoms with Gasteiger partial charge in [0.1, 0.15) is 10.8 Å². The van der Waals surface area contributed by atoms with Gasteiger partial charge in [0.25, 0.3) is 5.91 Å². The van der Waals surface area contributed by atoms with Gasteiger partial charge in [-0.3, -0.25) is 4.79 Å². The monoisotopic (exact) mass is 265 g/mol. The van der Waals surface area contributed by atoms with Crippen LogP contribution in [0.15, 0.2) is 22.7 Å². The summed E-state index contributed by atoms with van der Waals surface area (Å²) in [6.07, 6.45) is 2.80. The van der Waals surface area contributed by atoms with Crippen LogP contribution in [0.4, 0.5) is 0 Å². The lowest BCUT2D eigenvalue weighted by Gasteiger charge is -1.99. The molecule has 2 heterocycles. The first-order chi connectivity index (χ1) is 8.72. The van der Waals surface area contributed by atoms with Gasteiger partial charge in [0.15, 0.2) is 5.76 Å². The molecule has 5 nitrogen and oxygen atoms in total. The molecule has 0 atom stereocenters. The molecule has 18 heavy (non-hydrogen) atoms. The SMILES string of the molecule is CCc1cnc(CNC(=O)c2ccc(CN)o2)s1. The highest BCUT2D eigenvalue weighted by Crippen LogP contribution is 2.13. The fourth-order valence-electron chi connectivity index (χ4n) is 1.45. The third-order valence-corrected chi connectivity index (χ3v) is 3.58. The van der Waals surface area contributed by atoms with Crippen molar-refractivity contribution in [3.8, 4) is 0 Å². The summed E-state index contributed by atoms with van der Waals surface area (Å²) in [6.45, 7) is 2.79. The van der Waals surface area contributed by atoms with Crippen molar-refractivity contribution >= 4 is 17.2 Å². The topological polar surface area (TPSA) is 81.2 Å². The Kier molecular flexibility index (Phi) is 4.11. The zero-order valence-electron chi connectivity index (χ0n) is 10.1. The molecule has 0 spiro atoms. The number of hydrogen-bond acceptors (Lipinski definition) is 5. The lowest BCUT2D eigenvalue weighted by molar-refractivity contribution is 0.0921. The smallest absolute Gasteiger partial charge is 0.287 e. The molecule has 0 bridgehead atoms. The van der Waals surface area contributed by atoms with Gasteiger partial charge in [0.2, 0.25) is 0 Å². The van der Waals surface area contributed by atoms with Crippen molar-refractivity contribution in [3.05, 3.63) is 39.7 Å². The van der Waals surface area contributed by atoms with Gasteiger partial charge in [0, 0.05) is 11.1 Å². The molecule has 0 aliphatic carbocycles. The van der Waals surface area contributed by atoms with Crippen LogP contribution in [0.2, 0.25) is 0 Å². The van der Waals surface area contributed by atoms with Gasteiger partial charge in [-0.1, -0.05) is 6.92 Å². The highest BCUT2D eigenvalue weighted by atomic mass is 32.1. The number of nitrogens with two attached hydrogens (primary N) is 1. The van der Waals surface area contributed by atoms with Gasteiger partial charge in [-0.2, -0.15) is 0 Å². The summed E-state index contributed by atoms with van der Waals surface area (Å²) >= 11 is 1.60. The minimum atomic E-state index is -0.247. The highest BCUT2D eigenvalue weighted by molar-refractivity contribution is 7.11. The zero-order chi connectivity index (χ0) is 13.0. The van der Waals surface area contributed by atoms with Crippen LogP contribution < -0.4 is 11.1 Å². The van der Waals surface area contributed by atoms with E-state index in [9.17, 15) is 4.79 Å². The largest absolute Gasteiger partial charge is 0.455 e. The summed E-state index contributed by atoms with van der Waals surface area (Å²) in [5, 5.41) is 3.66. The van der Waals surface area contributed by atoms with Crippen LogP contribution in [-0.4, -0.2) is 10.9 Å². The van der Waals surface area contributed by atoms with Crippen molar-refractivity contribution < 1.29 is 9.21 Å². The summed E-state index contributed by atoms with van der Waals surface area (Å²) in [4.78, 5) is 17.2. The van der Waals surface area contributed by atoms with Gasteiger partial charge in [-0.15, -0.1) is 11.3 Å². The summed E-state index contributed by atoms with van der Waals surface area (Å²) in [5.74, 6) is 0.633. The Bertz CT molecular complexity index is 533. The summed E-state index contributed by atoms with van der Waals surface area (Å²) in [7, 11) is 0. The number of furan rings is 1. The molecule has 1 amide bonds. The predicted molar refractivity (Wildman–Crippen MR) is 69.3 cm³/mol. The predicted octanol–water partition coefficient (Wildman–Crippen LogP) is 1.69. The number of amides is 1. The number of hydrogen-bond donors (Lipinski definition) is 2. The van der Waals surface area contributed by atoms with E-state index >= 15 is 0 Å². The zero-order valence-corrected chi connectivity index (χ0v) is 10.9. The van der Waals surface area contributed by atoms with Crippen molar-refractivity contribution in [3.63, 3.8) is 0 Å². The molecule has 2 rings (SSSR count). The number of aryl methyl sites for hydroxylation is 1. The van der Waals surface area contributed by atoms with Gasteiger partial charge in [-0.05, 0) is 18.6 Å². The van der Waals surface area contributed by atoms with E-state index in [0.29, 0.717) is 18.8 Å². The van der Waals surface area contributed by atoms with Crippen LogP contribution in [0.25, 0.3) is 0 Å². The lowest BCUT2D eigenvalue weighted by atomic mass is 10.4. The molecule has 0 saturated heterocycles. The molecular weight excluding hydrogens is 250 g/mol. The fraction of sp³-hybridized carbons (Fsp3) is 0.333. The van der Waals surface area contributed by atoms with E-state index in [1.54, 1.807) is 23.5 Å². The number of carbonyl (C=O) groups is 1. The minimum absolute atomic E-state index is 0.247. The van der Waals surface area contributed by atoms with E-state index < -0.39 is 0 Å². The molecule has 2 aromatic heterocycles. The highest BCUT2D eigenvalue weighted by Gasteiger charge is 2.11. The third-order valence-electron chi connectivity index (χ3n) is 2.44. The van der Waals surface area contributed by atoms with Crippen LogP contribution in [0.3, 0.4) is 0 Å². The molecule has 0 radical (unpaired) electrons. The van der Waals surface area contributed by atoms with Gasteiger partial charge < -0.3 is 15.5 Å². The standard InChI is InChI=1S/C12H15N3O2S/c1-2-9-6-14-11(18-9)7-15-12(16)10-4-3-8(5-13)17-10/h3-4,6H,2,5,7,13H2,1H3,(H,15,16). The Balaban J connectivity index is 1.91. The van der Waals surface area contributed by atoms with Crippen LogP contribution >= 0.6 is 11.3 Å². The number of thiazole rings is 1. The average Bonchev–Trinajstić information content (AvgIpc) is 3.04. The van der Waals surface area contributed by atoms with E-state index in [1.807, 2.05) is 6.20 Å². The Morgan fingerprint density at radius 3 is 3.00 bits per heavy atom. The second-order valence-electron chi connectivity index (χ2n) is 3.73. The maximum Gasteiger partial charge on any atom is 0.287 e. The number of nitrogens with zero attached hydrogens (tertiary/aromatic N) is 1. The number of rotatable bonds is 5. The number of nitrogens with one attached hydrogen (secondary N) is 1. The third kappa shape index (κ3) is 2.96. The van der Waals surface area contributed by atoms with Crippen LogP contribution in [0.5, 0.6) is 0 Å². The number of carbonyl (C=O) groups excluding carboxylic acids is 1. The molecule has 6 heteroatoms. The average molecular weight is 265 g/mol. The Morgan fingerprint density at radius 1 is 1.56 bits per heavy atom. The molecule has 0 aliphatic rings. The van der Waals surface area contributed by atoms with Gasteiger partial charge in [-0.25, -0.2) is 4.98 Å². The Morgan fingerprint density at radius 2 is 2.39 bits per heavy atom. The van der Waals surface area contributed by atoms with E-state index in [4.69, 9.17) is 10.2 Å². The molecule has 2 aromatic rings. The quantitative estimate of drug-likeness (QED) is 0.862. The molecule has 0 aromatic carbocycles. The first kappa shape index (κ1) is 12.8. The van der Waals surface area contributed by atoms with Gasteiger partial charge in [0.05, 0.1) is 13.1 Å². The molecule has 0 fully saturated rings. The van der Waals surface area contributed by atoms with E-state index in [1.165, 1.54) is 4.88 Å². The number of aromatic nitrogens is 1. The van der Waals surface area contributed by atoms with Crippen molar-refractivity contribution in [2.75, 3.05) is 0 Å². The lowest BCUT2D eigenvalue weighted by Crippen LogP contribution is -2.22. The molecular formula is C12H15N3O2S. The first-order valence-electron chi connectivity index (χ1n) is 5.73. The van der Waals surface area contributed by atoms with Crippen molar-refractivity contribution in [2.24, 2.45) is 5.73 Å². The van der Waals surface area contributed by atoms with Gasteiger partial charge >= 0.3 is 0 Å². The van der Waals surface area contributed by atoms with Crippen LogP contribution in [0.1, 0.15) is 33.1 Å². The Hall–Kier alpha value is -1.66. The summed E-state index contributed by atoms with van der Waals surface area (Å²) < 4.78 is 5.26. The molecule has 0 saturated carbocycles. The normalized spacial score (nSPS) is 10.6. The maximum absolute atomic E-state index is 11.8. The van der Waals surface area contributed by atoms with Crippen molar-refractivity contribution in [2.45, 2.75) is 26.4 Å². The van der Waals surface area contributed by atoms with Crippen molar-refractivity contribution in [1.29, 1.82) is 0 Å². The second-order valence-corrected chi connectivity index (χ2v) is 4.93. The van der Waals surface area contributed by atoms with Crippen molar-refractivity contribution in [1.82, 2.24) is 10.3 Å². The van der Waals surface area contributed by atoms with E-state index in [-0.39, 0.29) is 11.7 Å². The fourth-order valence-corrected chi connectivity index (χ4v) is 2.25. The van der Waals surface area contributed by atoms with Crippen LogP contribution in [0, 0.1) is 0 Å². The molecule has 0 aliphatic heterocycles. The maximum atomic E-state index is 11.8. The minimum Gasteiger partial charge on any atom is -0.455 e. The Labute approximate surface area is 109 Å². The van der Waals surface area contributed by atoms with E-state index in [0.717, 1.165) is 11.4 Å². The first-order valence-corrected chi connectivity index (χ1v) is 6.55. The molecule has 96 valence electrons. The molecule has 3 N–H and O–H groups in total. The molecule has 0 unspecified atom stereocenters. The summed E-state index contributed by atoms with van der Waals surface area (Å²) in [5.41, 5.74) is 5.41. The summed E-state index contributed by atoms with van der Waals surface area (Å²) in [6, 6.07) is 3.32.